The number of nitrogens with two attached hydrogens (primary N) is 1. The van der Waals surface area contributed by atoms with Gasteiger partial charge in [0.05, 0.1) is 23.4 Å². The van der Waals surface area contributed by atoms with Crippen LogP contribution in [0.15, 0.2) is 12.1 Å². The zero-order valence-electron chi connectivity index (χ0n) is 15.0. The van der Waals surface area contributed by atoms with Gasteiger partial charge in [0.1, 0.15) is 5.75 Å². The highest BCUT2D eigenvalue weighted by Crippen LogP contribution is 2.31. The van der Waals surface area contributed by atoms with E-state index >= 15 is 0 Å². The Morgan fingerprint density at radius 1 is 1.36 bits per heavy atom. The largest absolute Gasteiger partial charge is 0.496 e. The number of methoxy groups -OCH3 is 1. The Labute approximate surface area is 167 Å². The number of nitrogens with zero attached hydrogens (tertiary/aromatic N) is 2. The number of carbonyl (C=O) groups is 1. The molecule has 1 heterocycles. The van der Waals surface area contributed by atoms with Crippen molar-refractivity contribution in [2.45, 2.75) is 20.3 Å². The fourth-order valence-corrected chi connectivity index (χ4v) is 3.25. The molecular weight excluding hydrogens is 385 g/mol. The van der Waals surface area contributed by atoms with Crippen molar-refractivity contribution < 1.29 is 9.53 Å². The van der Waals surface area contributed by atoms with E-state index in [9.17, 15) is 4.79 Å². The van der Waals surface area contributed by atoms with Crippen molar-refractivity contribution in [3.8, 4) is 5.75 Å². The molecule has 1 amide bonds. The van der Waals surface area contributed by atoms with Gasteiger partial charge < -0.3 is 20.3 Å². The summed E-state index contributed by atoms with van der Waals surface area (Å²) in [5, 5.41) is 0.382. The summed E-state index contributed by atoms with van der Waals surface area (Å²) in [6.45, 7) is 9.02. The van der Waals surface area contributed by atoms with Gasteiger partial charge in [-0.1, -0.05) is 25.4 Å². The van der Waals surface area contributed by atoms with Crippen LogP contribution in [0.1, 0.15) is 30.6 Å². The van der Waals surface area contributed by atoms with Crippen LogP contribution in [0.25, 0.3) is 0 Å². The van der Waals surface area contributed by atoms with Crippen LogP contribution in [-0.4, -0.2) is 55.5 Å². The number of hydrogen-bond acceptors (Lipinski definition) is 4. The summed E-state index contributed by atoms with van der Waals surface area (Å²) < 4.78 is 5.29. The maximum Gasteiger partial charge on any atom is 0.257 e. The summed E-state index contributed by atoms with van der Waals surface area (Å²) in [7, 11) is 1.53. The molecule has 0 spiro atoms. The molecule has 0 saturated carbocycles. The van der Waals surface area contributed by atoms with Gasteiger partial charge in [-0.25, -0.2) is 0 Å². The van der Waals surface area contributed by atoms with Crippen molar-refractivity contribution in [2.75, 3.05) is 45.6 Å². The lowest BCUT2D eigenvalue weighted by Crippen LogP contribution is -2.33. The maximum atomic E-state index is 12.8. The number of hydrogen-bond donors (Lipinski definition) is 1. The first-order valence-electron chi connectivity index (χ1n) is 8.14. The second-order valence-corrected chi connectivity index (χ2v) is 6.37. The standard InChI is InChI=1S/C17H26ClN3O2.2ClH/c1-4-20(5-2)10-12-6-7-21(11-12)17(22)13-8-14(18)15(19)9-16(13)23-3;;/h8-9,12H,4-7,10-11,19H2,1-3H3;2*1H. The van der Waals surface area contributed by atoms with E-state index < -0.39 is 0 Å². The SMILES string of the molecule is CCN(CC)CC1CCN(C(=O)c2cc(Cl)c(N)cc2OC)C1.Cl.Cl. The monoisotopic (exact) mass is 411 g/mol. The molecule has 5 nitrogen and oxygen atoms in total. The molecule has 1 fully saturated rings. The molecule has 1 aromatic rings. The van der Waals surface area contributed by atoms with E-state index in [1.807, 2.05) is 4.90 Å². The summed E-state index contributed by atoms with van der Waals surface area (Å²) in [6, 6.07) is 3.22. The fraction of sp³-hybridized carbons (Fsp3) is 0.588. The van der Waals surface area contributed by atoms with E-state index in [-0.39, 0.29) is 30.7 Å². The Morgan fingerprint density at radius 2 is 2.00 bits per heavy atom. The third kappa shape index (κ3) is 5.81. The van der Waals surface area contributed by atoms with Gasteiger partial charge in [0.25, 0.3) is 5.91 Å². The van der Waals surface area contributed by atoms with Gasteiger partial charge in [0, 0.05) is 25.7 Å². The second kappa shape index (κ2) is 11.0. The minimum atomic E-state index is -0.0363. The maximum absolute atomic E-state index is 12.8. The van der Waals surface area contributed by atoms with E-state index in [1.54, 1.807) is 12.1 Å². The number of likely N-dealkylation sites (tertiary alicyclic amines) is 1. The lowest BCUT2D eigenvalue weighted by atomic mass is 10.1. The molecule has 144 valence electrons. The van der Waals surface area contributed by atoms with Crippen LogP contribution >= 0.6 is 36.4 Å². The van der Waals surface area contributed by atoms with Crippen molar-refractivity contribution in [3.05, 3.63) is 22.7 Å². The molecule has 1 aliphatic rings. The molecule has 8 heteroatoms. The Hall–Kier alpha value is -0.880. The Kier molecular flexibility index (Phi) is 10.6. The summed E-state index contributed by atoms with van der Waals surface area (Å²) in [5.74, 6) is 0.962. The van der Waals surface area contributed by atoms with E-state index in [1.165, 1.54) is 7.11 Å². The topological polar surface area (TPSA) is 58.8 Å². The number of nitrogen functional groups attached to an aromatic ring is 1. The molecule has 1 unspecified atom stereocenters. The highest BCUT2D eigenvalue weighted by molar-refractivity contribution is 6.33. The highest BCUT2D eigenvalue weighted by Gasteiger charge is 2.29. The third-order valence-electron chi connectivity index (χ3n) is 4.53. The summed E-state index contributed by atoms with van der Waals surface area (Å²) in [5.41, 5.74) is 6.68. The van der Waals surface area contributed by atoms with Crippen LogP contribution in [0.5, 0.6) is 5.75 Å². The highest BCUT2D eigenvalue weighted by atomic mass is 35.5. The number of halogens is 3. The zero-order valence-corrected chi connectivity index (χ0v) is 17.3. The molecule has 1 aromatic carbocycles. The van der Waals surface area contributed by atoms with Gasteiger partial charge in [0.2, 0.25) is 0 Å². The number of anilines is 1. The van der Waals surface area contributed by atoms with Gasteiger partial charge >= 0.3 is 0 Å². The van der Waals surface area contributed by atoms with E-state index in [4.69, 9.17) is 22.1 Å². The number of benzene rings is 1. The minimum Gasteiger partial charge on any atom is -0.496 e. The van der Waals surface area contributed by atoms with Gasteiger partial charge in [-0.05, 0) is 31.5 Å². The quantitative estimate of drug-likeness (QED) is 0.726. The van der Waals surface area contributed by atoms with Crippen LogP contribution in [0, 0.1) is 5.92 Å². The number of amides is 1. The van der Waals surface area contributed by atoms with E-state index in [0.29, 0.717) is 27.9 Å². The second-order valence-electron chi connectivity index (χ2n) is 5.97. The smallest absolute Gasteiger partial charge is 0.257 e. The molecule has 2 rings (SSSR count). The molecule has 2 N–H and O–H groups in total. The summed E-state index contributed by atoms with van der Waals surface area (Å²) in [6.07, 6.45) is 1.03. The fourth-order valence-electron chi connectivity index (χ4n) is 3.09. The average Bonchev–Trinajstić information content (AvgIpc) is 3.02. The number of ether oxygens (including phenoxy) is 1. The van der Waals surface area contributed by atoms with Crippen LogP contribution in [0.3, 0.4) is 0 Å². The number of carbonyl (C=O) groups excluding carboxylic acids is 1. The van der Waals surface area contributed by atoms with Crippen molar-refractivity contribution in [1.29, 1.82) is 0 Å². The molecular formula is C17H28Cl3N3O2. The van der Waals surface area contributed by atoms with Crippen molar-refractivity contribution in [3.63, 3.8) is 0 Å². The molecule has 1 atom stereocenters. The molecule has 0 radical (unpaired) electrons. The molecule has 0 bridgehead atoms. The Bertz CT molecular complexity index is 568. The van der Waals surface area contributed by atoms with Crippen molar-refractivity contribution in [1.82, 2.24) is 9.80 Å². The summed E-state index contributed by atoms with van der Waals surface area (Å²) >= 11 is 6.07. The molecule has 25 heavy (non-hydrogen) atoms. The molecule has 0 aliphatic carbocycles. The van der Waals surface area contributed by atoms with Crippen LogP contribution in [-0.2, 0) is 0 Å². The normalized spacial score (nSPS) is 16.4. The first-order chi connectivity index (χ1) is 11.0. The first kappa shape index (κ1) is 24.1. The van der Waals surface area contributed by atoms with Crippen molar-refractivity contribution >= 4 is 48.0 Å². The molecule has 0 aromatic heterocycles. The molecule has 1 saturated heterocycles. The minimum absolute atomic E-state index is 0. The van der Waals surface area contributed by atoms with E-state index in [2.05, 4.69) is 18.7 Å². The van der Waals surface area contributed by atoms with Crippen molar-refractivity contribution in [2.24, 2.45) is 5.92 Å². The van der Waals surface area contributed by atoms with Crippen LogP contribution < -0.4 is 10.5 Å². The van der Waals surface area contributed by atoms with Gasteiger partial charge in [-0.2, -0.15) is 0 Å². The first-order valence-corrected chi connectivity index (χ1v) is 8.52. The Balaban J connectivity index is 0.00000288. The van der Waals surface area contributed by atoms with E-state index in [0.717, 1.165) is 39.1 Å². The Morgan fingerprint density at radius 3 is 2.56 bits per heavy atom. The lowest BCUT2D eigenvalue weighted by Gasteiger charge is -2.23. The average molecular weight is 413 g/mol. The summed E-state index contributed by atoms with van der Waals surface area (Å²) in [4.78, 5) is 17.1. The predicted octanol–water partition coefficient (Wildman–Crippen LogP) is 3.58. The third-order valence-corrected chi connectivity index (χ3v) is 4.86. The van der Waals surface area contributed by atoms with Gasteiger partial charge in [-0.3, -0.25) is 4.79 Å². The predicted molar refractivity (Wildman–Crippen MR) is 109 cm³/mol. The van der Waals surface area contributed by atoms with Gasteiger partial charge in [0.15, 0.2) is 0 Å². The number of rotatable bonds is 6. The van der Waals surface area contributed by atoms with Crippen LogP contribution in [0.4, 0.5) is 5.69 Å². The lowest BCUT2D eigenvalue weighted by molar-refractivity contribution is 0.0780. The van der Waals surface area contributed by atoms with Crippen LogP contribution in [0.2, 0.25) is 5.02 Å². The zero-order chi connectivity index (χ0) is 17.0. The van der Waals surface area contributed by atoms with Gasteiger partial charge in [-0.15, -0.1) is 24.8 Å². The molecule has 1 aliphatic heterocycles.